The van der Waals surface area contributed by atoms with Crippen LogP contribution in [0.2, 0.25) is 0 Å². The van der Waals surface area contributed by atoms with Crippen LogP contribution in [0.4, 0.5) is 0 Å². The first-order valence-electron chi connectivity index (χ1n) is 7.74. The Morgan fingerprint density at radius 2 is 1.95 bits per heavy atom. The fraction of sp³-hybridized carbons (Fsp3) is 0.588. The third-order valence-corrected chi connectivity index (χ3v) is 4.58. The molecule has 1 fully saturated rings. The summed E-state index contributed by atoms with van der Waals surface area (Å²) < 4.78 is 5.21. The lowest BCUT2D eigenvalue weighted by Crippen LogP contribution is -2.41. The van der Waals surface area contributed by atoms with Crippen molar-refractivity contribution < 1.29 is 9.53 Å². The van der Waals surface area contributed by atoms with Gasteiger partial charge in [0.25, 0.3) is 0 Å². The number of hydrogen-bond donors (Lipinski definition) is 2. The molecule has 0 aliphatic heterocycles. The molecule has 3 N–H and O–H groups in total. The fourth-order valence-electron chi connectivity index (χ4n) is 3.16. The molecule has 0 bridgehead atoms. The molecule has 0 heterocycles. The van der Waals surface area contributed by atoms with Gasteiger partial charge in [-0.2, -0.15) is 0 Å². The van der Waals surface area contributed by atoms with Crippen LogP contribution in [0, 0.1) is 5.41 Å². The van der Waals surface area contributed by atoms with Crippen LogP contribution in [0.5, 0.6) is 0 Å². The normalized spacial score (nSPS) is 17.5. The molecule has 1 saturated carbocycles. The quantitative estimate of drug-likeness (QED) is 0.809. The molecule has 1 aromatic rings. The number of hydrogen-bond acceptors (Lipinski definition) is 3. The van der Waals surface area contributed by atoms with Gasteiger partial charge in [-0.05, 0) is 30.2 Å². The molecule has 1 aromatic carbocycles. The Hall–Kier alpha value is -1.10. The second kappa shape index (κ2) is 9.13. The Labute approximate surface area is 139 Å². The van der Waals surface area contributed by atoms with Gasteiger partial charge >= 0.3 is 0 Å². The molecular formula is C17H27ClN2O2. The molecular weight excluding hydrogens is 300 g/mol. The van der Waals surface area contributed by atoms with E-state index in [1.54, 1.807) is 7.11 Å². The first-order valence-corrected chi connectivity index (χ1v) is 7.74. The Balaban J connectivity index is 0.00000242. The summed E-state index contributed by atoms with van der Waals surface area (Å²) in [6, 6.07) is 8.92. The lowest BCUT2D eigenvalue weighted by Gasteiger charge is -2.29. The fourth-order valence-corrected chi connectivity index (χ4v) is 3.16. The summed E-state index contributed by atoms with van der Waals surface area (Å²) in [6.45, 7) is 1.45. The maximum atomic E-state index is 12.2. The number of carbonyl (C=O) groups is 1. The molecule has 1 aliphatic rings. The van der Waals surface area contributed by atoms with Crippen LogP contribution < -0.4 is 11.1 Å². The summed E-state index contributed by atoms with van der Waals surface area (Å²) in [7, 11) is 1.73. The molecule has 1 unspecified atom stereocenters. The van der Waals surface area contributed by atoms with Gasteiger partial charge in [-0.1, -0.05) is 43.2 Å². The van der Waals surface area contributed by atoms with Gasteiger partial charge in [-0.3, -0.25) is 4.79 Å². The van der Waals surface area contributed by atoms with Crippen LogP contribution in [0.1, 0.15) is 43.7 Å². The topological polar surface area (TPSA) is 64.3 Å². The van der Waals surface area contributed by atoms with Gasteiger partial charge in [0.1, 0.15) is 6.04 Å². The number of ether oxygens (including phenoxy) is 1. The van der Waals surface area contributed by atoms with Gasteiger partial charge in [0.2, 0.25) is 5.91 Å². The highest BCUT2D eigenvalue weighted by Crippen LogP contribution is 2.40. The van der Waals surface area contributed by atoms with E-state index in [9.17, 15) is 4.79 Å². The van der Waals surface area contributed by atoms with E-state index in [2.05, 4.69) is 5.32 Å². The molecule has 0 aromatic heterocycles. The van der Waals surface area contributed by atoms with E-state index >= 15 is 0 Å². The van der Waals surface area contributed by atoms with Gasteiger partial charge in [-0.15, -0.1) is 12.4 Å². The van der Waals surface area contributed by atoms with E-state index in [0.29, 0.717) is 6.54 Å². The van der Waals surface area contributed by atoms with Crippen molar-refractivity contribution >= 4 is 18.3 Å². The first-order chi connectivity index (χ1) is 10.2. The number of nitrogens with one attached hydrogen (secondary N) is 1. The van der Waals surface area contributed by atoms with E-state index in [0.717, 1.165) is 31.4 Å². The van der Waals surface area contributed by atoms with E-state index in [1.165, 1.54) is 12.8 Å². The van der Waals surface area contributed by atoms with Crippen LogP contribution in [0.25, 0.3) is 0 Å². The summed E-state index contributed by atoms with van der Waals surface area (Å²) >= 11 is 0. The highest BCUT2D eigenvalue weighted by Gasteiger charge is 2.34. The van der Waals surface area contributed by atoms with Crippen LogP contribution in [-0.4, -0.2) is 26.2 Å². The van der Waals surface area contributed by atoms with Crippen molar-refractivity contribution in [1.82, 2.24) is 5.32 Å². The second-order valence-electron chi connectivity index (χ2n) is 6.06. The summed E-state index contributed by atoms with van der Waals surface area (Å²) in [5.74, 6) is -0.0927. The SMILES string of the molecule is COCCC1(CNC(=O)C(N)c2ccccc2)CCCC1.Cl. The van der Waals surface area contributed by atoms with E-state index in [4.69, 9.17) is 10.5 Å². The Kier molecular flexibility index (Phi) is 7.87. The van der Waals surface area contributed by atoms with Crippen LogP contribution in [-0.2, 0) is 9.53 Å². The standard InChI is InChI=1S/C17H26N2O2.ClH/c1-21-12-11-17(9-5-6-10-17)13-19-16(20)15(18)14-7-3-2-4-8-14;/h2-4,7-8,15H,5-6,9-13,18H2,1H3,(H,19,20);1H. The number of halogens is 1. The van der Waals surface area contributed by atoms with Crippen LogP contribution in [0.3, 0.4) is 0 Å². The zero-order valence-electron chi connectivity index (χ0n) is 13.2. The number of amides is 1. The molecule has 2 rings (SSSR count). The first kappa shape index (κ1) is 18.9. The van der Waals surface area contributed by atoms with Crippen LogP contribution in [0.15, 0.2) is 30.3 Å². The third-order valence-electron chi connectivity index (χ3n) is 4.58. The molecule has 0 radical (unpaired) electrons. The van der Waals surface area contributed by atoms with E-state index < -0.39 is 6.04 Å². The van der Waals surface area contributed by atoms with Gasteiger partial charge in [-0.25, -0.2) is 0 Å². The zero-order chi connectivity index (χ0) is 15.1. The average molecular weight is 327 g/mol. The van der Waals surface area contributed by atoms with Crippen molar-refractivity contribution in [2.24, 2.45) is 11.1 Å². The zero-order valence-corrected chi connectivity index (χ0v) is 14.0. The lowest BCUT2D eigenvalue weighted by atomic mass is 9.83. The molecule has 22 heavy (non-hydrogen) atoms. The van der Waals surface area contributed by atoms with Gasteiger partial charge in [0.05, 0.1) is 0 Å². The molecule has 0 spiro atoms. The highest BCUT2D eigenvalue weighted by atomic mass is 35.5. The minimum Gasteiger partial charge on any atom is -0.385 e. The van der Waals surface area contributed by atoms with E-state index in [-0.39, 0.29) is 23.7 Å². The van der Waals surface area contributed by atoms with Gasteiger partial charge in [0.15, 0.2) is 0 Å². The minimum atomic E-state index is -0.591. The summed E-state index contributed by atoms with van der Waals surface area (Å²) in [5, 5.41) is 3.05. The predicted octanol–water partition coefficient (Wildman–Crippen LogP) is 2.82. The van der Waals surface area contributed by atoms with E-state index in [1.807, 2.05) is 30.3 Å². The molecule has 1 aliphatic carbocycles. The van der Waals surface area contributed by atoms with Crippen molar-refractivity contribution in [3.05, 3.63) is 35.9 Å². The largest absolute Gasteiger partial charge is 0.385 e. The smallest absolute Gasteiger partial charge is 0.241 e. The minimum absolute atomic E-state index is 0. The molecule has 1 atom stereocenters. The van der Waals surface area contributed by atoms with Crippen molar-refractivity contribution in [2.45, 2.75) is 38.1 Å². The number of nitrogens with two attached hydrogens (primary N) is 1. The number of benzene rings is 1. The number of rotatable bonds is 7. The Morgan fingerprint density at radius 3 is 2.55 bits per heavy atom. The molecule has 124 valence electrons. The Morgan fingerprint density at radius 1 is 1.32 bits per heavy atom. The van der Waals surface area contributed by atoms with Crippen molar-refractivity contribution in [3.63, 3.8) is 0 Å². The molecule has 0 saturated heterocycles. The summed E-state index contributed by atoms with van der Waals surface area (Å²) in [4.78, 5) is 12.2. The number of carbonyl (C=O) groups excluding carboxylic acids is 1. The second-order valence-corrected chi connectivity index (χ2v) is 6.06. The molecule has 4 nitrogen and oxygen atoms in total. The average Bonchev–Trinajstić information content (AvgIpc) is 3.00. The lowest BCUT2D eigenvalue weighted by molar-refractivity contribution is -0.123. The monoisotopic (exact) mass is 326 g/mol. The predicted molar refractivity (Wildman–Crippen MR) is 91.0 cm³/mol. The molecule has 1 amide bonds. The number of methoxy groups -OCH3 is 1. The highest BCUT2D eigenvalue weighted by molar-refractivity contribution is 5.85. The maximum absolute atomic E-state index is 12.2. The van der Waals surface area contributed by atoms with Crippen molar-refractivity contribution in [1.29, 1.82) is 0 Å². The van der Waals surface area contributed by atoms with Gasteiger partial charge < -0.3 is 15.8 Å². The summed E-state index contributed by atoms with van der Waals surface area (Å²) in [5.41, 5.74) is 7.08. The Bertz CT molecular complexity index is 447. The van der Waals surface area contributed by atoms with Crippen LogP contribution >= 0.6 is 12.4 Å². The summed E-state index contributed by atoms with van der Waals surface area (Å²) in [6.07, 6.45) is 5.81. The van der Waals surface area contributed by atoms with Crippen molar-refractivity contribution in [3.8, 4) is 0 Å². The van der Waals surface area contributed by atoms with Gasteiger partial charge in [0, 0.05) is 20.3 Å². The third kappa shape index (κ3) is 4.97. The van der Waals surface area contributed by atoms with Crippen molar-refractivity contribution in [2.75, 3.05) is 20.3 Å². The molecule has 5 heteroatoms. The maximum Gasteiger partial charge on any atom is 0.241 e.